The number of aliphatic hydroxyl groups is 1. The van der Waals surface area contributed by atoms with Crippen molar-refractivity contribution >= 4 is 0 Å². The summed E-state index contributed by atoms with van der Waals surface area (Å²) in [6, 6.07) is 0. The molecule has 0 aliphatic rings. The summed E-state index contributed by atoms with van der Waals surface area (Å²) < 4.78 is 0. The lowest BCUT2D eigenvalue weighted by Crippen LogP contribution is -2.27. The van der Waals surface area contributed by atoms with Gasteiger partial charge in [0.15, 0.2) is 0 Å². The Morgan fingerprint density at radius 2 is 2.29 bits per heavy atom. The van der Waals surface area contributed by atoms with Crippen molar-refractivity contribution in [3.8, 4) is 0 Å². The Bertz CT molecular complexity index is 41.9. The van der Waals surface area contributed by atoms with Gasteiger partial charge in [0.1, 0.15) is 6.23 Å². The topological polar surface area (TPSA) is 81.5 Å². The highest BCUT2D eigenvalue weighted by Crippen LogP contribution is 1.81. The Hall–Kier alpha value is -0.160. The molecular formula is C3H10N2O2. The summed E-state index contributed by atoms with van der Waals surface area (Å²) >= 11 is 0. The normalized spacial score (nSPS) is 14.1. The molecule has 1 unspecified atom stereocenters. The summed E-state index contributed by atoms with van der Waals surface area (Å²) in [4.78, 5) is 4.11. The van der Waals surface area contributed by atoms with Gasteiger partial charge in [-0.05, 0) is 0 Å². The Kier molecular flexibility index (Phi) is 3.92. The van der Waals surface area contributed by atoms with E-state index in [1.165, 1.54) is 0 Å². The summed E-state index contributed by atoms with van der Waals surface area (Å²) in [5, 5.41) is 8.15. The lowest BCUT2D eigenvalue weighted by molar-refractivity contribution is 0.0398. The van der Waals surface area contributed by atoms with Crippen LogP contribution >= 0.6 is 0 Å². The van der Waals surface area contributed by atoms with Gasteiger partial charge in [0.2, 0.25) is 0 Å². The second-order valence-electron chi connectivity index (χ2n) is 1.19. The van der Waals surface area contributed by atoms with E-state index in [-0.39, 0.29) is 6.61 Å². The summed E-state index contributed by atoms with van der Waals surface area (Å²) in [5.74, 6) is 4.62. The van der Waals surface area contributed by atoms with Crippen molar-refractivity contribution in [3.05, 3.63) is 0 Å². The Labute approximate surface area is 42.0 Å². The molecule has 1 atom stereocenters. The molecule has 0 amide bonds. The Balaban J connectivity index is 2.83. The molecule has 0 heterocycles. The maximum absolute atomic E-state index is 8.15. The van der Waals surface area contributed by atoms with Gasteiger partial charge in [-0.1, -0.05) is 0 Å². The smallest absolute Gasteiger partial charge is 0.129 e. The van der Waals surface area contributed by atoms with Crippen molar-refractivity contribution in [1.29, 1.82) is 0 Å². The van der Waals surface area contributed by atoms with Crippen LogP contribution in [-0.4, -0.2) is 17.9 Å². The lowest BCUT2D eigenvalue weighted by Gasteiger charge is -2.03. The van der Waals surface area contributed by atoms with E-state index >= 15 is 0 Å². The van der Waals surface area contributed by atoms with Crippen molar-refractivity contribution < 1.29 is 9.94 Å². The molecule has 0 aliphatic carbocycles. The van der Waals surface area contributed by atoms with E-state index in [2.05, 4.69) is 10.7 Å². The largest absolute Gasteiger partial charge is 0.396 e. The maximum atomic E-state index is 8.15. The molecule has 0 saturated carbocycles. The molecule has 0 aromatic heterocycles. The van der Waals surface area contributed by atoms with Crippen LogP contribution in [0.25, 0.3) is 0 Å². The molecule has 0 fully saturated rings. The molecule has 44 valence electrons. The van der Waals surface area contributed by atoms with Crippen LogP contribution in [0, 0.1) is 0 Å². The predicted molar refractivity (Wildman–Crippen MR) is 25.0 cm³/mol. The van der Waals surface area contributed by atoms with E-state index in [4.69, 9.17) is 10.8 Å². The molecule has 0 spiro atoms. The summed E-state index contributed by atoms with van der Waals surface area (Å²) in [7, 11) is 0. The number of hydrogen-bond acceptors (Lipinski definition) is 4. The third kappa shape index (κ3) is 3.68. The van der Waals surface area contributed by atoms with Crippen LogP contribution < -0.4 is 11.6 Å². The van der Waals surface area contributed by atoms with E-state index in [0.29, 0.717) is 6.42 Å². The van der Waals surface area contributed by atoms with Crippen LogP contribution in [0.2, 0.25) is 0 Å². The van der Waals surface area contributed by atoms with Gasteiger partial charge in [-0.25, -0.2) is 5.90 Å². The minimum atomic E-state index is -0.523. The Morgan fingerprint density at radius 3 is 2.43 bits per heavy atom. The molecule has 0 aliphatic heterocycles. The van der Waals surface area contributed by atoms with E-state index in [1.54, 1.807) is 0 Å². The second-order valence-corrected chi connectivity index (χ2v) is 1.19. The number of rotatable bonds is 3. The molecule has 0 aromatic carbocycles. The van der Waals surface area contributed by atoms with Crippen LogP contribution in [0.3, 0.4) is 0 Å². The Morgan fingerprint density at radius 1 is 1.71 bits per heavy atom. The first-order chi connectivity index (χ1) is 3.31. The second kappa shape index (κ2) is 4.01. The highest BCUT2D eigenvalue weighted by atomic mass is 16.6. The maximum Gasteiger partial charge on any atom is 0.129 e. The average Bonchev–Trinajstić information content (AvgIpc) is 1.68. The fraction of sp³-hybridized carbons (Fsp3) is 1.00. The van der Waals surface area contributed by atoms with Gasteiger partial charge in [-0.2, -0.15) is 0 Å². The van der Waals surface area contributed by atoms with Crippen LogP contribution in [0.15, 0.2) is 0 Å². The molecule has 0 bridgehead atoms. The zero-order valence-corrected chi connectivity index (χ0v) is 4.00. The standard InChI is InChI=1S/C3H10N2O2/c4-3(7-5)1-2-6/h3,6H,1-2,4-5H2. The number of aliphatic hydroxyl groups excluding tert-OH is 1. The minimum absolute atomic E-state index is 0.0123. The van der Waals surface area contributed by atoms with Crippen LogP contribution in [0.1, 0.15) is 6.42 Å². The molecule has 5 N–H and O–H groups in total. The van der Waals surface area contributed by atoms with E-state index in [9.17, 15) is 0 Å². The number of nitrogens with two attached hydrogens (primary N) is 2. The molecule has 4 heteroatoms. The van der Waals surface area contributed by atoms with Crippen LogP contribution in [0.4, 0.5) is 0 Å². The van der Waals surface area contributed by atoms with E-state index in [0.717, 1.165) is 0 Å². The summed E-state index contributed by atoms with van der Waals surface area (Å²) in [5.41, 5.74) is 5.08. The third-order valence-electron chi connectivity index (χ3n) is 0.588. The van der Waals surface area contributed by atoms with Gasteiger partial charge >= 0.3 is 0 Å². The first-order valence-electron chi connectivity index (χ1n) is 2.03. The predicted octanol–water partition coefficient (Wildman–Crippen LogP) is -1.46. The van der Waals surface area contributed by atoms with Gasteiger partial charge in [-0.3, -0.25) is 4.84 Å². The van der Waals surface area contributed by atoms with Gasteiger partial charge in [-0.15, -0.1) is 0 Å². The lowest BCUT2D eigenvalue weighted by atomic mass is 10.4. The first-order valence-corrected chi connectivity index (χ1v) is 2.03. The highest BCUT2D eigenvalue weighted by molar-refractivity contribution is 4.41. The fourth-order valence-electron chi connectivity index (χ4n) is 0.195. The SMILES string of the molecule is NOC(N)CCO. The molecule has 4 nitrogen and oxygen atoms in total. The summed E-state index contributed by atoms with van der Waals surface area (Å²) in [6.45, 7) is 0.0123. The number of hydrogen-bond donors (Lipinski definition) is 3. The molecule has 0 rings (SSSR count). The van der Waals surface area contributed by atoms with Crippen molar-refractivity contribution in [2.24, 2.45) is 11.6 Å². The van der Waals surface area contributed by atoms with Gasteiger partial charge < -0.3 is 10.8 Å². The molecular weight excluding hydrogens is 96.0 g/mol. The monoisotopic (exact) mass is 106 g/mol. The van der Waals surface area contributed by atoms with Crippen molar-refractivity contribution in [1.82, 2.24) is 0 Å². The molecule has 0 radical (unpaired) electrons. The zero-order valence-electron chi connectivity index (χ0n) is 4.00. The van der Waals surface area contributed by atoms with Crippen molar-refractivity contribution in [2.45, 2.75) is 12.6 Å². The van der Waals surface area contributed by atoms with Crippen LogP contribution in [0.5, 0.6) is 0 Å². The van der Waals surface area contributed by atoms with Crippen LogP contribution in [-0.2, 0) is 4.84 Å². The molecule has 0 aromatic rings. The van der Waals surface area contributed by atoms with E-state index < -0.39 is 6.23 Å². The average molecular weight is 106 g/mol. The van der Waals surface area contributed by atoms with Gasteiger partial charge in [0.25, 0.3) is 0 Å². The highest BCUT2D eigenvalue weighted by Gasteiger charge is 1.94. The quantitative estimate of drug-likeness (QED) is 0.303. The van der Waals surface area contributed by atoms with Crippen molar-refractivity contribution in [2.75, 3.05) is 6.61 Å². The summed E-state index contributed by atoms with van der Waals surface area (Å²) in [6.07, 6.45) is -0.138. The zero-order chi connectivity index (χ0) is 5.70. The molecule has 0 saturated heterocycles. The van der Waals surface area contributed by atoms with Crippen molar-refractivity contribution in [3.63, 3.8) is 0 Å². The first kappa shape index (κ1) is 6.84. The fourth-order valence-corrected chi connectivity index (χ4v) is 0.195. The van der Waals surface area contributed by atoms with E-state index in [1.807, 2.05) is 0 Å². The third-order valence-corrected chi connectivity index (χ3v) is 0.588. The van der Waals surface area contributed by atoms with Gasteiger partial charge in [0.05, 0.1) is 0 Å². The minimum Gasteiger partial charge on any atom is -0.396 e. The van der Waals surface area contributed by atoms with Gasteiger partial charge in [0, 0.05) is 13.0 Å². The molecule has 7 heavy (non-hydrogen) atoms.